The van der Waals surface area contributed by atoms with Crippen molar-refractivity contribution in [3.8, 4) is 5.75 Å². The summed E-state index contributed by atoms with van der Waals surface area (Å²) in [5.41, 5.74) is -2.06. The second kappa shape index (κ2) is 6.56. The summed E-state index contributed by atoms with van der Waals surface area (Å²) < 4.78 is 65.5. The Kier molecular flexibility index (Phi) is 4.88. The molecule has 0 saturated carbocycles. The second-order valence-corrected chi connectivity index (χ2v) is 4.94. The Hall–Kier alpha value is -2.49. The van der Waals surface area contributed by atoms with Gasteiger partial charge in [-0.25, -0.2) is 17.9 Å². The van der Waals surface area contributed by atoms with E-state index in [-0.39, 0.29) is 0 Å². The van der Waals surface area contributed by atoms with Gasteiger partial charge in [0.25, 0.3) is 0 Å². The Morgan fingerprint density at radius 1 is 1.12 bits per heavy atom. The zero-order chi connectivity index (χ0) is 18.1. The van der Waals surface area contributed by atoms with Crippen molar-refractivity contribution < 1.29 is 31.9 Å². The fourth-order valence-electron chi connectivity index (χ4n) is 1.80. The molecule has 10 heteroatoms. The van der Waals surface area contributed by atoms with E-state index in [1.165, 1.54) is 6.07 Å². The number of phenols is 1. The number of alkyl halides is 3. The van der Waals surface area contributed by atoms with Crippen LogP contribution in [0.3, 0.4) is 0 Å². The van der Waals surface area contributed by atoms with E-state index in [1.807, 2.05) is 5.32 Å². The monoisotopic (exact) mass is 364 g/mol. The smallest absolute Gasteiger partial charge is 0.418 e. The fraction of sp³-hybridized carbons (Fsp3) is 0.0714. The van der Waals surface area contributed by atoms with Crippen LogP contribution in [0.1, 0.15) is 5.56 Å². The summed E-state index contributed by atoms with van der Waals surface area (Å²) in [6.45, 7) is 0. The molecule has 0 aliphatic carbocycles. The summed E-state index contributed by atoms with van der Waals surface area (Å²) >= 11 is 3.71. The molecular formula is C14H9F5N2O2S. The van der Waals surface area contributed by atoms with Gasteiger partial charge in [-0.2, -0.15) is 13.2 Å². The predicted octanol–water partition coefficient (Wildman–Crippen LogP) is 4.57. The maximum absolute atomic E-state index is 13.3. The Bertz CT molecular complexity index is 759. The molecule has 0 bridgehead atoms. The molecule has 2 aromatic carbocycles. The first-order chi connectivity index (χ1) is 11.1. The van der Waals surface area contributed by atoms with Crippen LogP contribution in [-0.4, -0.2) is 11.1 Å². The van der Waals surface area contributed by atoms with E-state index >= 15 is 0 Å². The summed E-state index contributed by atoms with van der Waals surface area (Å²) in [6, 6.07) is 4.20. The molecule has 0 unspecified atom stereocenters. The minimum atomic E-state index is -4.71. The van der Waals surface area contributed by atoms with E-state index in [0.29, 0.717) is 16.4 Å². The normalized spacial score (nSPS) is 11.2. The predicted molar refractivity (Wildman–Crippen MR) is 80.0 cm³/mol. The van der Waals surface area contributed by atoms with E-state index in [0.717, 1.165) is 18.2 Å². The van der Waals surface area contributed by atoms with Crippen LogP contribution in [0.4, 0.5) is 38.1 Å². The Morgan fingerprint density at radius 3 is 2.21 bits per heavy atom. The molecule has 2 N–H and O–H groups in total. The number of para-hydroxylation sites is 1. The number of nitrogens with zero attached hydrogens (tertiary/aromatic N) is 1. The lowest BCUT2D eigenvalue weighted by Gasteiger charge is -2.19. The molecule has 2 aromatic rings. The topological polar surface area (TPSA) is 52.6 Å². The largest absolute Gasteiger partial charge is 0.503 e. The molecule has 128 valence electrons. The molecule has 0 aliphatic heterocycles. The van der Waals surface area contributed by atoms with Gasteiger partial charge in [-0.3, -0.25) is 0 Å². The third-order valence-electron chi connectivity index (χ3n) is 2.91. The summed E-state index contributed by atoms with van der Waals surface area (Å²) in [5.74, 6) is -3.96. The molecule has 2 rings (SSSR count). The summed E-state index contributed by atoms with van der Waals surface area (Å²) in [6.07, 6.45) is -4.71. The number of halogens is 5. The van der Waals surface area contributed by atoms with E-state index < -0.39 is 46.5 Å². The van der Waals surface area contributed by atoms with Crippen molar-refractivity contribution >= 4 is 30.2 Å². The van der Waals surface area contributed by atoms with Gasteiger partial charge in [0, 0.05) is 12.1 Å². The number of urea groups is 1. The molecule has 0 fully saturated rings. The van der Waals surface area contributed by atoms with Crippen LogP contribution in [0.25, 0.3) is 0 Å². The lowest BCUT2D eigenvalue weighted by atomic mass is 10.1. The highest BCUT2D eigenvalue weighted by atomic mass is 32.1. The lowest BCUT2D eigenvalue weighted by molar-refractivity contribution is -0.136. The van der Waals surface area contributed by atoms with Gasteiger partial charge >= 0.3 is 12.2 Å². The first-order valence-corrected chi connectivity index (χ1v) is 6.65. The number of amides is 2. The Balaban J connectivity index is 2.28. The summed E-state index contributed by atoms with van der Waals surface area (Å²) in [4.78, 5) is 12.0. The van der Waals surface area contributed by atoms with Gasteiger partial charge in [-0.15, -0.1) is 0 Å². The van der Waals surface area contributed by atoms with E-state index in [2.05, 4.69) is 12.8 Å². The molecule has 0 heterocycles. The molecular weight excluding hydrogens is 355 g/mol. The number of hydrogen-bond donors (Lipinski definition) is 3. The van der Waals surface area contributed by atoms with Gasteiger partial charge in [0.2, 0.25) is 0 Å². The maximum Gasteiger partial charge on any atom is 0.418 e. The fourth-order valence-corrected chi connectivity index (χ4v) is 1.96. The van der Waals surface area contributed by atoms with Crippen LogP contribution in [-0.2, 0) is 6.18 Å². The third-order valence-corrected chi connectivity index (χ3v) is 3.33. The van der Waals surface area contributed by atoms with Crippen molar-refractivity contribution in [2.45, 2.75) is 6.18 Å². The average Bonchev–Trinajstić information content (AvgIpc) is 2.50. The SMILES string of the molecule is O=C(Nc1ccccc1C(F)(F)F)N(S)c1cc(F)c(O)c(F)c1. The number of phenolic OH excluding ortho intramolecular Hbond substituents is 1. The number of benzene rings is 2. The number of thiol groups is 1. The number of aromatic hydroxyl groups is 1. The van der Waals surface area contributed by atoms with Crippen LogP contribution in [0.5, 0.6) is 5.75 Å². The van der Waals surface area contributed by atoms with Crippen LogP contribution < -0.4 is 9.62 Å². The highest BCUT2D eigenvalue weighted by Gasteiger charge is 2.34. The summed E-state index contributed by atoms with van der Waals surface area (Å²) in [7, 11) is 0. The van der Waals surface area contributed by atoms with Crippen molar-refractivity contribution in [1.82, 2.24) is 0 Å². The molecule has 4 nitrogen and oxygen atoms in total. The molecule has 0 radical (unpaired) electrons. The lowest BCUT2D eigenvalue weighted by Crippen LogP contribution is -2.28. The molecule has 2 amide bonds. The average molecular weight is 364 g/mol. The van der Waals surface area contributed by atoms with Crippen LogP contribution >= 0.6 is 12.8 Å². The van der Waals surface area contributed by atoms with Crippen molar-refractivity contribution in [2.24, 2.45) is 0 Å². The quantitative estimate of drug-likeness (QED) is 0.540. The highest BCUT2D eigenvalue weighted by molar-refractivity contribution is 7.82. The van der Waals surface area contributed by atoms with E-state index in [4.69, 9.17) is 5.11 Å². The number of carbonyl (C=O) groups excluding carboxylic acids is 1. The number of nitrogens with one attached hydrogen (secondary N) is 1. The number of anilines is 2. The van der Waals surface area contributed by atoms with Crippen LogP contribution in [0, 0.1) is 11.6 Å². The Labute approximate surface area is 138 Å². The summed E-state index contributed by atoms with van der Waals surface area (Å²) in [5, 5.41) is 10.9. The van der Waals surface area contributed by atoms with Crippen molar-refractivity contribution in [2.75, 3.05) is 9.62 Å². The van der Waals surface area contributed by atoms with E-state index in [9.17, 15) is 26.7 Å². The first-order valence-electron chi connectivity index (χ1n) is 6.25. The maximum atomic E-state index is 13.3. The van der Waals surface area contributed by atoms with Gasteiger partial charge in [-0.1, -0.05) is 24.9 Å². The molecule has 0 atom stereocenters. The van der Waals surface area contributed by atoms with Gasteiger partial charge < -0.3 is 10.4 Å². The van der Waals surface area contributed by atoms with Crippen molar-refractivity contribution in [3.63, 3.8) is 0 Å². The number of hydrogen-bond acceptors (Lipinski definition) is 3. The molecule has 0 aromatic heterocycles. The van der Waals surface area contributed by atoms with Crippen molar-refractivity contribution in [1.29, 1.82) is 0 Å². The van der Waals surface area contributed by atoms with Gasteiger partial charge in [0.1, 0.15) is 0 Å². The zero-order valence-corrected chi connectivity index (χ0v) is 12.5. The Morgan fingerprint density at radius 2 is 1.67 bits per heavy atom. The minimum Gasteiger partial charge on any atom is -0.503 e. The minimum absolute atomic E-state index is 0.402. The molecule has 0 spiro atoms. The highest BCUT2D eigenvalue weighted by Crippen LogP contribution is 2.35. The third kappa shape index (κ3) is 3.70. The number of rotatable bonds is 2. The first kappa shape index (κ1) is 17.9. The standard InChI is InChI=1S/C14H9F5N2O2S/c15-9-5-7(6-10(16)12(9)22)21(24)13(23)20-11-4-2-1-3-8(11)14(17,18)19/h1-6,22,24H,(H,20,23). The van der Waals surface area contributed by atoms with Gasteiger partial charge in [-0.05, 0) is 12.1 Å². The van der Waals surface area contributed by atoms with Gasteiger partial charge in [0.15, 0.2) is 17.4 Å². The molecule has 0 saturated heterocycles. The van der Waals surface area contributed by atoms with Crippen molar-refractivity contribution in [3.05, 3.63) is 53.6 Å². The van der Waals surface area contributed by atoms with E-state index in [1.54, 1.807) is 0 Å². The zero-order valence-electron chi connectivity index (χ0n) is 11.6. The molecule has 24 heavy (non-hydrogen) atoms. The van der Waals surface area contributed by atoms with Crippen LogP contribution in [0.2, 0.25) is 0 Å². The van der Waals surface area contributed by atoms with Crippen LogP contribution in [0.15, 0.2) is 36.4 Å². The number of carbonyl (C=O) groups is 1. The second-order valence-electron chi connectivity index (χ2n) is 4.54. The molecule has 0 aliphatic rings. The van der Waals surface area contributed by atoms with Gasteiger partial charge in [0.05, 0.1) is 16.9 Å².